The van der Waals surface area contributed by atoms with Crippen molar-refractivity contribution >= 4 is 23.7 Å². The highest BCUT2D eigenvalue weighted by Crippen LogP contribution is 2.25. The maximum atomic E-state index is 13.1. The van der Waals surface area contributed by atoms with Crippen molar-refractivity contribution in [3.8, 4) is 0 Å². The molecule has 0 unspecified atom stereocenters. The summed E-state index contributed by atoms with van der Waals surface area (Å²) in [6.07, 6.45) is 3.23. The van der Waals surface area contributed by atoms with E-state index in [0.29, 0.717) is 5.92 Å². The second-order valence-electron chi connectivity index (χ2n) is 9.02. The SMILES string of the molecule is C=C1C=CC(=O)NCC(=O)N[C@@H](C(C)C)C(=O)O[C@@H]([C@H](C)C[C@@H](C)CCC)[C@H](OC)C(=O)N1. The van der Waals surface area contributed by atoms with Gasteiger partial charge in [-0.15, -0.1) is 0 Å². The monoisotopic (exact) mass is 465 g/mol. The van der Waals surface area contributed by atoms with Crippen molar-refractivity contribution in [2.45, 2.75) is 72.1 Å². The van der Waals surface area contributed by atoms with Crippen LogP contribution in [-0.2, 0) is 28.7 Å². The Labute approximate surface area is 196 Å². The number of nitrogens with one attached hydrogen (secondary N) is 3. The Bertz CT molecular complexity index is 748. The van der Waals surface area contributed by atoms with E-state index in [2.05, 4.69) is 36.4 Å². The molecule has 0 aromatic rings. The molecule has 9 nitrogen and oxygen atoms in total. The van der Waals surface area contributed by atoms with Crippen molar-refractivity contribution < 1.29 is 28.7 Å². The molecule has 33 heavy (non-hydrogen) atoms. The van der Waals surface area contributed by atoms with Gasteiger partial charge in [-0.25, -0.2) is 4.79 Å². The Balaban J connectivity index is 3.33. The molecule has 0 saturated carbocycles. The fourth-order valence-electron chi connectivity index (χ4n) is 3.85. The first-order chi connectivity index (χ1) is 15.5. The molecule has 0 radical (unpaired) electrons. The summed E-state index contributed by atoms with van der Waals surface area (Å²) in [6.45, 7) is 13.1. The summed E-state index contributed by atoms with van der Waals surface area (Å²) in [6, 6.07) is -0.951. The maximum absolute atomic E-state index is 13.1. The third-order valence-electron chi connectivity index (χ3n) is 5.56. The van der Waals surface area contributed by atoms with Crippen molar-refractivity contribution in [1.29, 1.82) is 0 Å². The number of carbonyl (C=O) groups excluding carboxylic acids is 4. The molecular weight excluding hydrogens is 426 g/mol. The van der Waals surface area contributed by atoms with Crippen LogP contribution in [0.15, 0.2) is 24.4 Å². The number of ether oxygens (including phenoxy) is 2. The topological polar surface area (TPSA) is 123 Å². The Kier molecular flexibility index (Phi) is 11.8. The largest absolute Gasteiger partial charge is 0.457 e. The predicted molar refractivity (Wildman–Crippen MR) is 125 cm³/mol. The zero-order chi connectivity index (χ0) is 25.1. The molecule has 3 amide bonds. The number of cyclic esters (lactones) is 1. The normalized spacial score (nSPS) is 25.3. The Morgan fingerprint density at radius 1 is 1.15 bits per heavy atom. The summed E-state index contributed by atoms with van der Waals surface area (Å²) in [4.78, 5) is 50.4. The van der Waals surface area contributed by atoms with Gasteiger partial charge in [0.2, 0.25) is 11.8 Å². The minimum absolute atomic E-state index is 0.161. The minimum atomic E-state index is -1.11. The van der Waals surface area contributed by atoms with Gasteiger partial charge >= 0.3 is 5.97 Å². The molecule has 1 rings (SSSR count). The van der Waals surface area contributed by atoms with Gasteiger partial charge in [0, 0.05) is 18.9 Å². The third kappa shape index (κ3) is 9.37. The van der Waals surface area contributed by atoms with Crippen LogP contribution in [0.3, 0.4) is 0 Å². The first-order valence-electron chi connectivity index (χ1n) is 11.5. The van der Waals surface area contributed by atoms with Gasteiger partial charge in [0.05, 0.1) is 6.54 Å². The molecule has 9 heteroatoms. The van der Waals surface area contributed by atoms with Gasteiger partial charge in [-0.2, -0.15) is 0 Å². The quantitative estimate of drug-likeness (QED) is 0.493. The number of methoxy groups -OCH3 is 1. The molecule has 0 fully saturated rings. The highest BCUT2D eigenvalue weighted by atomic mass is 16.6. The number of hydrogen-bond acceptors (Lipinski definition) is 6. The summed E-state index contributed by atoms with van der Waals surface area (Å²) >= 11 is 0. The highest BCUT2D eigenvalue weighted by Gasteiger charge is 2.38. The molecule has 0 aromatic heterocycles. The molecule has 0 bridgehead atoms. The van der Waals surface area contributed by atoms with E-state index < -0.39 is 41.9 Å². The smallest absolute Gasteiger partial charge is 0.329 e. The second kappa shape index (κ2) is 13.8. The predicted octanol–water partition coefficient (Wildman–Crippen LogP) is 1.83. The molecule has 1 aliphatic rings. The van der Waals surface area contributed by atoms with Crippen LogP contribution >= 0.6 is 0 Å². The van der Waals surface area contributed by atoms with Crippen molar-refractivity contribution in [1.82, 2.24) is 16.0 Å². The lowest BCUT2D eigenvalue weighted by atomic mass is 9.87. The van der Waals surface area contributed by atoms with E-state index in [9.17, 15) is 19.2 Å². The van der Waals surface area contributed by atoms with E-state index in [4.69, 9.17) is 9.47 Å². The van der Waals surface area contributed by atoms with Crippen LogP contribution in [-0.4, -0.2) is 55.6 Å². The van der Waals surface area contributed by atoms with Crippen molar-refractivity contribution in [3.63, 3.8) is 0 Å². The summed E-state index contributed by atoms with van der Waals surface area (Å²) in [5, 5.41) is 7.63. The lowest BCUT2D eigenvalue weighted by molar-refractivity contribution is -0.169. The number of esters is 1. The molecular formula is C24H39N3O6. The van der Waals surface area contributed by atoms with Crippen molar-refractivity contribution in [2.75, 3.05) is 13.7 Å². The zero-order valence-electron chi connectivity index (χ0n) is 20.6. The van der Waals surface area contributed by atoms with Crippen LogP contribution in [0.5, 0.6) is 0 Å². The fourth-order valence-corrected chi connectivity index (χ4v) is 3.85. The Morgan fingerprint density at radius 3 is 2.39 bits per heavy atom. The van der Waals surface area contributed by atoms with E-state index in [-0.39, 0.29) is 24.1 Å². The second-order valence-corrected chi connectivity index (χ2v) is 9.02. The van der Waals surface area contributed by atoms with Gasteiger partial charge in [-0.1, -0.05) is 54.0 Å². The molecule has 0 aliphatic carbocycles. The van der Waals surface area contributed by atoms with E-state index in [0.717, 1.165) is 25.3 Å². The average Bonchev–Trinajstić information content (AvgIpc) is 2.73. The van der Waals surface area contributed by atoms with Crippen LogP contribution < -0.4 is 16.0 Å². The first-order valence-corrected chi connectivity index (χ1v) is 11.5. The van der Waals surface area contributed by atoms with Gasteiger partial charge in [-0.3, -0.25) is 14.4 Å². The molecule has 1 aliphatic heterocycles. The van der Waals surface area contributed by atoms with Gasteiger partial charge in [0.1, 0.15) is 12.1 Å². The zero-order valence-corrected chi connectivity index (χ0v) is 20.6. The Morgan fingerprint density at radius 2 is 1.82 bits per heavy atom. The lowest BCUT2D eigenvalue weighted by Gasteiger charge is -2.33. The lowest BCUT2D eigenvalue weighted by Crippen LogP contribution is -2.53. The summed E-state index contributed by atoms with van der Waals surface area (Å²) < 4.78 is 11.3. The maximum Gasteiger partial charge on any atom is 0.329 e. The summed E-state index contributed by atoms with van der Waals surface area (Å²) in [7, 11) is 1.37. The third-order valence-corrected chi connectivity index (χ3v) is 5.56. The van der Waals surface area contributed by atoms with Crippen LogP contribution in [0.2, 0.25) is 0 Å². The summed E-state index contributed by atoms with van der Waals surface area (Å²) in [5.41, 5.74) is 0.161. The fraction of sp³-hybridized carbons (Fsp3) is 0.667. The molecule has 0 aromatic carbocycles. The standard InChI is InChI=1S/C24H39N3O6/c1-8-9-15(4)12-16(5)21-22(32-7)23(30)26-17(6)10-11-18(28)25-13-19(29)27-20(14(2)3)24(31)33-21/h10-11,14-16,20-22H,6,8-9,12-13H2,1-5,7H3,(H,25,28)(H,26,30)(H,27,29)/t15-,16+,20-,21-,22-/m0/s1. The number of carbonyl (C=O) groups is 4. The first kappa shape index (κ1) is 28.4. The Hall–Kier alpha value is -2.68. The number of rotatable bonds is 7. The van der Waals surface area contributed by atoms with Crippen molar-refractivity contribution in [3.05, 3.63) is 24.4 Å². The average molecular weight is 466 g/mol. The molecule has 186 valence electrons. The molecule has 0 saturated heterocycles. The number of amides is 3. The van der Waals surface area contributed by atoms with Gasteiger partial charge < -0.3 is 25.4 Å². The van der Waals surface area contributed by atoms with Crippen LogP contribution in [0.25, 0.3) is 0 Å². The number of hydrogen-bond donors (Lipinski definition) is 3. The molecule has 0 spiro atoms. The minimum Gasteiger partial charge on any atom is -0.457 e. The van der Waals surface area contributed by atoms with E-state index >= 15 is 0 Å². The van der Waals surface area contributed by atoms with E-state index in [1.165, 1.54) is 13.2 Å². The van der Waals surface area contributed by atoms with Gasteiger partial charge in [0.25, 0.3) is 5.91 Å². The van der Waals surface area contributed by atoms with Gasteiger partial charge in [0.15, 0.2) is 6.10 Å². The van der Waals surface area contributed by atoms with E-state index in [1.807, 2.05) is 6.92 Å². The molecule has 5 atom stereocenters. The molecule has 1 heterocycles. The summed E-state index contributed by atoms with van der Waals surface area (Å²) in [5.74, 6) is -2.39. The molecule has 3 N–H and O–H groups in total. The number of allylic oxidation sites excluding steroid dienone is 1. The van der Waals surface area contributed by atoms with Crippen LogP contribution in [0.1, 0.15) is 53.9 Å². The van der Waals surface area contributed by atoms with E-state index in [1.54, 1.807) is 13.8 Å². The van der Waals surface area contributed by atoms with Crippen LogP contribution in [0, 0.1) is 17.8 Å². The van der Waals surface area contributed by atoms with Crippen molar-refractivity contribution in [2.24, 2.45) is 17.8 Å². The van der Waals surface area contributed by atoms with Gasteiger partial charge in [-0.05, 0) is 30.3 Å². The van der Waals surface area contributed by atoms with Crippen LogP contribution in [0.4, 0.5) is 0 Å². The highest BCUT2D eigenvalue weighted by molar-refractivity contribution is 5.93.